The first kappa shape index (κ1) is 22.7. The fourth-order valence-corrected chi connectivity index (χ4v) is 3.76. The first-order valence-electron chi connectivity index (χ1n) is 9.91. The zero-order valence-electron chi connectivity index (χ0n) is 18.2. The third-order valence-electron chi connectivity index (χ3n) is 4.70. The molecule has 0 radical (unpaired) electrons. The molecule has 4 rings (SSSR count). The molecule has 0 saturated carbocycles. The maximum absolute atomic E-state index is 15.6. The number of rotatable bonds is 6. The Bertz CT molecular complexity index is 1210. The fourth-order valence-electron chi connectivity index (χ4n) is 3.23. The van der Waals surface area contributed by atoms with E-state index < -0.39 is 12.5 Å². The highest BCUT2D eigenvalue weighted by atomic mass is 32.2. The van der Waals surface area contributed by atoms with Crippen LogP contribution in [0.5, 0.6) is 17.2 Å². The second kappa shape index (κ2) is 10.0. The van der Waals surface area contributed by atoms with Crippen molar-refractivity contribution in [3.05, 3.63) is 47.6 Å². The molecule has 9 nitrogen and oxygen atoms in total. The molecule has 0 bridgehead atoms. The minimum absolute atomic E-state index is 0.0458. The summed E-state index contributed by atoms with van der Waals surface area (Å²) in [5.41, 5.74) is 1.60. The van der Waals surface area contributed by atoms with E-state index in [1.54, 1.807) is 37.4 Å². The highest BCUT2D eigenvalue weighted by Gasteiger charge is 2.28. The lowest BCUT2D eigenvalue weighted by atomic mass is 10.1. The van der Waals surface area contributed by atoms with Gasteiger partial charge in [-0.15, -0.1) is 11.8 Å². The van der Waals surface area contributed by atoms with Gasteiger partial charge in [0.2, 0.25) is 23.2 Å². The molecule has 3 aromatic rings. The summed E-state index contributed by atoms with van der Waals surface area (Å²) in [5.74, 6) is 0.730. The van der Waals surface area contributed by atoms with E-state index in [-0.39, 0.29) is 36.0 Å². The third kappa shape index (κ3) is 4.69. The van der Waals surface area contributed by atoms with Crippen LogP contribution >= 0.6 is 11.8 Å². The Morgan fingerprint density at radius 2 is 1.94 bits per heavy atom. The van der Waals surface area contributed by atoms with Crippen LogP contribution in [-0.2, 0) is 0 Å². The number of halogens is 1. The van der Waals surface area contributed by atoms with E-state index in [4.69, 9.17) is 18.7 Å². The second-order valence-corrected chi connectivity index (χ2v) is 7.54. The number of fused-ring (bicyclic) bond motifs is 1. The zero-order valence-corrected chi connectivity index (χ0v) is 19.0. The molecule has 0 aliphatic carbocycles. The number of aliphatic imine (C=N–C) groups is 2. The number of ether oxygens (including phenoxy) is 3. The van der Waals surface area contributed by atoms with Gasteiger partial charge in [0, 0.05) is 18.1 Å². The molecular formula is C22H21FN4O5S. The maximum atomic E-state index is 15.6. The van der Waals surface area contributed by atoms with Crippen molar-refractivity contribution < 1.29 is 28.2 Å². The van der Waals surface area contributed by atoms with E-state index >= 15 is 4.39 Å². The van der Waals surface area contributed by atoms with E-state index in [2.05, 4.69) is 20.1 Å². The first-order chi connectivity index (χ1) is 16.0. The van der Waals surface area contributed by atoms with Gasteiger partial charge in [0.25, 0.3) is 0 Å². The normalized spacial score (nSPS) is 13.8. The van der Waals surface area contributed by atoms with Crippen molar-refractivity contribution >= 4 is 28.2 Å². The molecule has 33 heavy (non-hydrogen) atoms. The van der Waals surface area contributed by atoms with Crippen LogP contribution in [0.1, 0.15) is 11.5 Å². The van der Waals surface area contributed by atoms with E-state index in [1.807, 2.05) is 0 Å². The van der Waals surface area contributed by atoms with Gasteiger partial charge in [-0.25, -0.2) is 14.4 Å². The number of thioether (sulfide) groups is 1. The number of benzene rings is 2. The lowest BCUT2D eigenvalue weighted by molar-refractivity contribution is 0.158. The topological polar surface area (TPSA) is 112 Å². The molecule has 0 saturated heterocycles. The van der Waals surface area contributed by atoms with Crippen LogP contribution in [0.4, 0.5) is 10.1 Å². The fraction of sp³-hybridized carbons (Fsp3) is 0.273. The number of aliphatic hydroxyl groups excluding tert-OH is 1. The van der Waals surface area contributed by atoms with Crippen molar-refractivity contribution in [3.63, 3.8) is 0 Å². The summed E-state index contributed by atoms with van der Waals surface area (Å²) in [5, 5.41) is 13.7. The molecule has 0 spiro atoms. The number of hydrogen-bond acceptors (Lipinski definition) is 10. The summed E-state index contributed by atoms with van der Waals surface area (Å²) in [7, 11) is 1.46. The number of aliphatic hydroxyl groups is 1. The maximum Gasteiger partial charge on any atom is 0.223 e. The molecule has 1 aliphatic heterocycles. The number of nitrogens with zero attached hydrogens (tertiary/aromatic N) is 4. The van der Waals surface area contributed by atoms with Crippen LogP contribution in [0.2, 0.25) is 0 Å². The SMILES string of the molecule is COc1cc(C(=Nc2ccc(-c3noc(C)n3)cc2)/C(=N/CO)SC)c(F)c2c1OCCO2. The Balaban J connectivity index is 1.83. The van der Waals surface area contributed by atoms with Crippen LogP contribution in [0, 0.1) is 12.7 Å². The average Bonchev–Trinajstić information content (AvgIpc) is 3.28. The largest absolute Gasteiger partial charge is 0.493 e. The quantitative estimate of drug-likeness (QED) is 0.426. The van der Waals surface area contributed by atoms with Crippen LogP contribution in [0.15, 0.2) is 44.8 Å². The molecule has 0 amide bonds. The minimum atomic E-state index is -0.650. The van der Waals surface area contributed by atoms with Crippen molar-refractivity contribution in [2.75, 3.05) is 33.3 Å². The number of aromatic nitrogens is 2. The predicted octanol–water partition coefficient (Wildman–Crippen LogP) is 3.80. The molecule has 0 unspecified atom stereocenters. The highest BCUT2D eigenvalue weighted by Crippen LogP contribution is 2.43. The first-order valence-corrected chi connectivity index (χ1v) is 11.1. The van der Waals surface area contributed by atoms with Crippen LogP contribution in [0.3, 0.4) is 0 Å². The highest BCUT2D eigenvalue weighted by molar-refractivity contribution is 8.15. The van der Waals surface area contributed by atoms with Gasteiger partial charge in [0.15, 0.2) is 11.6 Å². The smallest absolute Gasteiger partial charge is 0.223 e. The van der Waals surface area contributed by atoms with E-state index in [1.165, 1.54) is 24.9 Å². The standard InChI is InChI=1S/C22H21FN4O5S/c1-12-25-21(27-32-12)13-4-6-14(7-5-13)26-18(22(33-3)24-11-28)15-10-16(29-2)19-20(17(15)23)31-9-8-30-19/h4-7,10,28H,8-9,11H2,1-3H3/b24-22-,26-18?. The molecule has 2 heterocycles. The molecule has 11 heteroatoms. The summed E-state index contributed by atoms with van der Waals surface area (Å²) in [4.78, 5) is 12.9. The van der Waals surface area contributed by atoms with Gasteiger partial charge in [-0.05, 0) is 36.6 Å². The van der Waals surface area contributed by atoms with Gasteiger partial charge >= 0.3 is 0 Å². The number of methoxy groups -OCH3 is 1. The summed E-state index contributed by atoms with van der Waals surface area (Å²) in [6.07, 6.45) is 1.76. The zero-order chi connectivity index (χ0) is 23.4. The van der Waals surface area contributed by atoms with Gasteiger partial charge in [-0.1, -0.05) is 5.16 Å². The summed E-state index contributed by atoms with van der Waals surface area (Å²) in [6.45, 7) is 1.73. The Morgan fingerprint density at radius 1 is 1.21 bits per heavy atom. The Kier molecular flexibility index (Phi) is 6.90. The predicted molar refractivity (Wildman–Crippen MR) is 123 cm³/mol. The Hall–Kier alpha value is -3.44. The van der Waals surface area contributed by atoms with Gasteiger partial charge < -0.3 is 23.8 Å². The molecule has 0 atom stereocenters. The Labute approximate surface area is 193 Å². The van der Waals surface area contributed by atoms with Crippen molar-refractivity contribution in [1.29, 1.82) is 0 Å². The molecular weight excluding hydrogens is 451 g/mol. The lowest BCUT2D eigenvalue weighted by Gasteiger charge is -2.23. The van der Waals surface area contributed by atoms with E-state index in [0.717, 1.165) is 5.56 Å². The monoisotopic (exact) mass is 472 g/mol. The average molecular weight is 472 g/mol. The minimum Gasteiger partial charge on any atom is -0.493 e. The van der Waals surface area contributed by atoms with Crippen LogP contribution in [-0.4, -0.2) is 59.3 Å². The molecule has 1 aliphatic rings. The second-order valence-electron chi connectivity index (χ2n) is 6.75. The summed E-state index contributed by atoms with van der Waals surface area (Å²) >= 11 is 1.23. The van der Waals surface area contributed by atoms with Crippen LogP contribution in [0.25, 0.3) is 11.4 Å². The molecule has 1 aromatic heterocycles. The molecule has 0 fully saturated rings. The third-order valence-corrected chi connectivity index (χ3v) is 5.41. The number of aryl methyl sites for hydroxylation is 1. The van der Waals surface area contributed by atoms with Crippen molar-refractivity contribution in [1.82, 2.24) is 10.1 Å². The summed E-state index contributed by atoms with van der Waals surface area (Å²) in [6, 6.07) is 8.53. The van der Waals surface area contributed by atoms with E-state index in [9.17, 15) is 5.11 Å². The molecule has 172 valence electrons. The molecule has 1 N–H and O–H groups in total. The van der Waals surface area contributed by atoms with Crippen molar-refractivity contribution in [2.24, 2.45) is 9.98 Å². The van der Waals surface area contributed by atoms with Crippen LogP contribution < -0.4 is 14.2 Å². The van der Waals surface area contributed by atoms with E-state index in [0.29, 0.717) is 28.2 Å². The lowest BCUT2D eigenvalue weighted by Crippen LogP contribution is -2.20. The van der Waals surface area contributed by atoms with Gasteiger partial charge in [-0.2, -0.15) is 4.98 Å². The van der Waals surface area contributed by atoms with Crippen molar-refractivity contribution in [3.8, 4) is 28.6 Å². The van der Waals surface area contributed by atoms with Crippen molar-refractivity contribution in [2.45, 2.75) is 6.92 Å². The Morgan fingerprint density at radius 3 is 2.55 bits per heavy atom. The van der Waals surface area contributed by atoms with Gasteiger partial charge in [0.1, 0.15) is 30.7 Å². The van der Waals surface area contributed by atoms with Gasteiger partial charge in [-0.3, -0.25) is 0 Å². The number of hydrogen-bond donors (Lipinski definition) is 1. The summed E-state index contributed by atoms with van der Waals surface area (Å²) < 4.78 is 37.0. The molecule has 2 aromatic carbocycles. The van der Waals surface area contributed by atoms with Gasteiger partial charge in [0.05, 0.1) is 12.8 Å².